The number of nitrogens with zero attached hydrogens (tertiary/aromatic N) is 2. The highest BCUT2D eigenvalue weighted by Gasteiger charge is 2.40. The Hall–Kier alpha value is -1.72. The van der Waals surface area contributed by atoms with Crippen LogP contribution >= 0.6 is 11.3 Å². The zero-order valence-electron chi connectivity index (χ0n) is 14.2. The number of carbonyl (C=O) groups is 1. The van der Waals surface area contributed by atoms with Gasteiger partial charge in [0, 0.05) is 18.3 Å². The summed E-state index contributed by atoms with van der Waals surface area (Å²) < 4.78 is 0. The summed E-state index contributed by atoms with van der Waals surface area (Å²) in [5.41, 5.74) is 2.07. The largest absolute Gasteiger partial charge is 0.347 e. The van der Waals surface area contributed by atoms with Gasteiger partial charge in [0.1, 0.15) is 0 Å². The van der Waals surface area contributed by atoms with Gasteiger partial charge in [-0.2, -0.15) is 0 Å². The zero-order chi connectivity index (χ0) is 16.7. The molecule has 5 heteroatoms. The Morgan fingerprint density at radius 3 is 2.71 bits per heavy atom. The van der Waals surface area contributed by atoms with E-state index in [1.807, 2.05) is 31.3 Å². The molecule has 2 bridgehead atoms. The van der Waals surface area contributed by atoms with Gasteiger partial charge in [-0.3, -0.25) is 14.7 Å². The van der Waals surface area contributed by atoms with E-state index in [1.54, 1.807) is 0 Å². The topological polar surface area (TPSA) is 45.2 Å². The van der Waals surface area contributed by atoms with E-state index in [-0.39, 0.29) is 11.9 Å². The van der Waals surface area contributed by atoms with Crippen LogP contribution in [0.15, 0.2) is 30.5 Å². The predicted molar refractivity (Wildman–Crippen MR) is 97.3 cm³/mol. The van der Waals surface area contributed by atoms with Crippen LogP contribution in [-0.4, -0.2) is 41.0 Å². The number of pyridine rings is 1. The van der Waals surface area contributed by atoms with E-state index in [4.69, 9.17) is 0 Å². The van der Waals surface area contributed by atoms with E-state index in [1.165, 1.54) is 37.3 Å². The van der Waals surface area contributed by atoms with E-state index in [9.17, 15) is 4.79 Å². The van der Waals surface area contributed by atoms with Gasteiger partial charge < -0.3 is 5.32 Å². The van der Waals surface area contributed by atoms with Gasteiger partial charge in [0.05, 0.1) is 15.4 Å². The van der Waals surface area contributed by atoms with Crippen molar-refractivity contribution in [2.75, 3.05) is 13.1 Å². The maximum Gasteiger partial charge on any atom is 0.261 e. The minimum atomic E-state index is 0.0592. The van der Waals surface area contributed by atoms with Gasteiger partial charge in [-0.05, 0) is 69.5 Å². The normalized spacial score (nSPS) is 28.8. The third kappa shape index (κ3) is 2.87. The van der Waals surface area contributed by atoms with E-state index < -0.39 is 0 Å². The standard InChI is InChI=1S/C19H23N3OS/c1-12-3-4-15(20-11-12)16-5-6-17(24-16)19(23)21-18-13(2)22-9-7-14(18)8-10-22/h3-6,11,13-14,18H,7-10H2,1-2H3,(H,21,23). The van der Waals surface area contributed by atoms with Crippen molar-refractivity contribution in [2.45, 2.75) is 38.8 Å². The molecule has 2 unspecified atom stereocenters. The highest BCUT2D eigenvalue weighted by Crippen LogP contribution is 2.33. The van der Waals surface area contributed by atoms with Gasteiger partial charge in [0.25, 0.3) is 5.91 Å². The van der Waals surface area contributed by atoms with Crippen LogP contribution in [-0.2, 0) is 0 Å². The van der Waals surface area contributed by atoms with Crippen molar-refractivity contribution in [1.82, 2.24) is 15.2 Å². The second-order valence-corrected chi connectivity index (χ2v) is 8.08. The van der Waals surface area contributed by atoms with Gasteiger partial charge in [-0.15, -0.1) is 11.3 Å². The minimum Gasteiger partial charge on any atom is -0.347 e. The molecule has 2 aromatic rings. The second-order valence-electron chi connectivity index (χ2n) is 7.00. The minimum absolute atomic E-state index is 0.0592. The number of carbonyl (C=O) groups excluding carboxylic acids is 1. The number of rotatable bonds is 3. The molecule has 3 aliphatic rings. The van der Waals surface area contributed by atoms with E-state index in [0.29, 0.717) is 12.0 Å². The van der Waals surface area contributed by atoms with Gasteiger partial charge in [-0.25, -0.2) is 0 Å². The van der Waals surface area contributed by atoms with Gasteiger partial charge in [-0.1, -0.05) is 6.07 Å². The molecule has 0 spiro atoms. The Bertz CT molecular complexity index is 729. The van der Waals surface area contributed by atoms with Gasteiger partial charge >= 0.3 is 0 Å². The number of fused-ring (bicyclic) bond motifs is 3. The van der Waals surface area contributed by atoms with Crippen LogP contribution < -0.4 is 5.32 Å². The number of aromatic nitrogens is 1. The molecule has 0 saturated carbocycles. The first-order chi connectivity index (χ1) is 11.6. The maximum atomic E-state index is 12.7. The van der Waals surface area contributed by atoms with Crippen LogP contribution in [0.25, 0.3) is 10.6 Å². The molecule has 1 amide bonds. The Balaban J connectivity index is 1.48. The molecule has 0 aliphatic carbocycles. The molecule has 1 N–H and O–H groups in total. The quantitative estimate of drug-likeness (QED) is 0.931. The molecule has 4 nitrogen and oxygen atoms in total. The fourth-order valence-electron chi connectivity index (χ4n) is 3.98. The average Bonchev–Trinajstić information content (AvgIpc) is 3.09. The number of hydrogen-bond acceptors (Lipinski definition) is 4. The smallest absolute Gasteiger partial charge is 0.261 e. The number of hydrogen-bond donors (Lipinski definition) is 1. The summed E-state index contributed by atoms with van der Waals surface area (Å²) in [5.74, 6) is 0.691. The molecule has 5 rings (SSSR count). The van der Waals surface area contributed by atoms with E-state index in [0.717, 1.165) is 21.0 Å². The van der Waals surface area contributed by atoms with Gasteiger partial charge in [0.2, 0.25) is 0 Å². The lowest BCUT2D eigenvalue weighted by Gasteiger charge is -2.49. The number of piperidine rings is 3. The third-order valence-corrected chi connectivity index (χ3v) is 6.58. The predicted octanol–water partition coefficient (Wildman–Crippen LogP) is 3.33. The fourth-order valence-corrected chi connectivity index (χ4v) is 4.86. The lowest BCUT2D eigenvalue weighted by molar-refractivity contribution is 0.0218. The highest BCUT2D eigenvalue weighted by atomic mass is 32.1. The molecule has 24 heavy (non-hydrogen) atoms. The molecular weight excluding hydrogens is 318 g/mol. The van der Waals surface area contributed by atoms with E-state index >= 15 is 0 Å². The summed E-state index contributed by atoms with van der Waals surface area (Å²) in [5, 5.41) is 3.30. The van der Waals surface area contributed by atoms with Crippen LogP contribution in [0.1, 0.15) is 35.0 Å². The first kappa shape index (κ1) is 15.8. The van der Waals surface area contributed by atoms with Crippen LogP contribution in [0.2, 0.25) is 0 Å². The monoisotopic (exact) mass is 341 g/mol. The molecule has 0 aromatic carbocycles. The first-order valence-corrected chi connectivity index (χ1v) is 9.51. The summed E-state index contributed by atoms with van der Waals surface area (Å²) in [4.78, 5) is 21.5. The lowest BCUT2D eigenvalue weighted by Crippen LogP contribution is -2.62. The Morgan fingerprint density at radius 2 is 2.04 bits per heavy atom. The molecule has 3 aliphatic heterocycles. The van der Waals surface area contributed by atoms with Crippen molar-refractivity contribution < 1.29 is 4.79 Å². The fraction of sp³-hybridized carbons (Fsp3) is 0.474. The molecule has 3 fully saturated rings. The van der Waals surface area contributed by atoms with Crippen LogP contribution in [0.5, 0.6) is 0 Å². The van der Waals surface area contributed by atoms with Crippen molar-refractivity contribution >= 4 is 17.2 Å². The number of nitrogens with one attached hydrogen (secondary N) is 1. The maximum absolute atomic E-state index is 12.7. The SMILES string of the molecule is Cc1ccc(-c2ccc(C(=O)NC3C4CCN(CC4)C3C)s2)nc1. The third-order valence-electron chi connectivity index (χ3n) is 5.47. The lowest BCUT2D eigenvalue weighted by atomic mass is 9.79. The molecule has 3 saturated heterocycles. The second kappa shape index (κ2) is 6.30. The van der Waals surface area contributed by atoms with Crippen LogP contribution in [0.3, 0.4) is 0 Å². The van der Waals surface area contributed by atoms with Crippen LogP contribution in [0.4, 0.5) is 0 Å². The Kier molecular flexibility index (Phi) is 4.14. The van der Waals surface area contributed by atoms with Crippen molar-refractivity contribution in [3.63, 3.8) is 0 Å². The molecule has 0 radical (unpaired) electrons. The molecule has 2 aromatic heterocycles. The average molecular weight is 341 g/mol. The Labute approximate surface area is 146 Å². The molecule has 2 atom stereocenters. The van der Waals surface area contributed by atoms with Crippen LogP contribution in [0, 0.1) is 12.8 Å². The summed E-state index contributed by atoms with van der Waals surface area (Å²) in [6, 6.07) is 8.71. The molecule has 5 heterocycles. The zero-order valence-corrected chi connectivity index (χ0v) is 15.0. The first-order valence-electron chi connectivity index (χ1n) is 8.69. The van der Waals surface area contributed by atoms with Crippen molar-refractivity contribution in [2.24, 2.45) is 5.92 Å². The number of aryl methyl sites for hydroxylation is 1. The number of thiophene rings is 1. The number of amides is 1. The Morgan fingerprint density at radius 1 is 1.25 bits per heavy atom. The van der Waals surface area contributed by atoms with Crippen molar-refractivity contribution in [3.8, 4) is 10.6 Å². The molecular formula is C19H23N3OS. The van der Waals surface area contributed by atoms with Gasteiger partial charge in [0.15, 0.2) is 0 Å². The molecule has 126 valence electrons. The van der Waals surface area contributed by atoms with E-state index in [2.05, 4.69) is 28.2 Å². The highest BCUT2D eigenvalue weighted by molar-refractivity contribution is 7.17. The summed E-state index contributed by atoms with van der Waals surface area (Å²) in [6.07, 6.45) is 4.28. The van der Waals surface area contributed by atoms with Crippen molar-refractivity contribution in [1.29, 1.82) is 0 Å². The summed E-state index contributed by atoms with van der Waals surface area (Å²) in [6.45, 7) is 6.63. The summed E-state index contributed by atoms with van der Waals surface area (Å²) in [7, 11) is 0. The summed E-state index contributed by atoms with van der Waals surface area (Å²) >= 11 is 1.52. The van der Waals surface area contributed by atoms with Crippen molar-refractivity contribution in [3.05, 3.63) is 40.9 Å².